The Hall–Kier alpha value is -1.69. The summed E-state index contributed by atoms with van der Waals surface area (Å²) in [7, 11) is 0. The summed E-state index contributed by atoms with van der Waals surface area (Å²) in [6.45, 7) is -0.401. The van der Waals surface area contributed by atoms with Gasteiger partial charge >= 0.3 is 0 Å². The van der Waals surface area contributed by atoms with Gasteiger partial charge in [-0.1, -0.05) is 11.6 Å². The van der Waals surface area contributed by atoms with Crippen LogP contribution in [0.3, 0.4) is 0 Å². The van der Waals surface area contributed by atoms with Crippen LogP contribution in [0.25, 0.3) is 0 Å². The molecule has 1 N–H and O–H groups in total. The number of nitrogens with zero attached hydrogens (tertiary/aromatic N) is 1. The molecule has 1 aromatic rings. The Morgan fingerprint density at radius 2 is 1.76 bits per heavy atom. The molecule has 1 fully saturated rings. The molecule has 2 amide bonds. The number of hydrogen-bond acceptors (Lipinski definition) is 3. The van der Waals surface area contributed by atoms with E-state index in [1.54, 1.807) is 0 Å². The molecule has 7 heteroatoms. The van der Waals surface area contributed by atoms with Gasteiger partial charge in [-0.15, -0.1) is 0 Å². The molecule has 0 aliphatic carbocycles. The molecule has 0 saturated carbocycles. The topological polar surface area (TPSA) is 49.4 Å². The number of halogens is 3. The zero-order chi connectivity index (χ0) is 12.6. The van der Waals surface area contributed by atoms with Crippen molar-refractivity contribution >= 4 is 29.1 Å². The Balaban J connectivity index is 2.40. The van der Waals surface area contributed by atoms with E-state index >= 15 is 0 Å². The third kappa shape index (κ3) is 2.36. The van der Waals surface area contributed by atoms with Gasteiger partial charge in [-0.3, -0.25) is 14.9 Å². The minimum absolute atomic E-state index is 0.142. The van der Waals surface area contributed by atoms with Gasteiger partial charge in [-0.25, -0.2) is 8.78 Å². The van der Waals surface area contributed by atoms with Crippen LogP contribution in [0.2, 0.25) is 5.02 Å². The van der Waals surface area contributed by atoms with E-state index in [2.05, 4.69) is 5.32 Å². The fourth-order valence-electron chi connectivity index (χ4n) is 1.63. The van der Waals surface area contributed by atoms with E-state index in [4.69, 9.17) is 11.6 Å². The maximum absolute atomic E-state index is 13.5. The Morgan fingerprint density at radius 3 is 2.29 bits per heavy atom. The Kier molecular flexibility index (Phi) is 2.97. The average molecular weight is 261 g/mol. The van der Waals surface area contributed by atoms with Crippen molar-refractivity contribution in [2.45, 2.75) is 0 Å². The summed E-state index contributed by atoms with van der Waals surface area (Å²) in [6.07, 6.45) is 0. The number of nitrogens with one attached hydrogen (secondary N) is 1. The van der Waals surface area contributed by atoms with Crippen molar-refractivity contribution in [3.05, 3.63) is 28.8 Å². The van der Waals surface area contributed by atoms with Crippen LogP contribution in [-0.4, -0.2) is 24.9 Å². The van der Waals surface area contributed by atoms with Gasteiger partial charge in [-0.05, 0) is 6.07 Å². The first-order valence-corrected chi connectivity index (χ1v) is 5.07. The highest BCUT2D eigenvalue weighted by molar-refractivity contribution is 6.33. The monoisotopic (exact) mass is 260 g/mol. The lowest BCUT2D eigenvalue weighted by molar-refractivity contribution is -0.130. The molecular formula is C10H7ClF2N2O2. The van der Waals surface area contributed by atoms with Crippen LogP contribution in [0.5, 0.6) is 0 Å². The van der Waals surface area contributed by atoms with Gasteiger partial charge in [0.2, 0.25) is 11.8 Å². The Morgan fingerprint density at radius 1 is 1.18 bits per heavy atom. The van der Waals surface area contributed by atoms with Gasteiger partial charge < -0.3 is 4.90 Å². The van der Waals surface area contributed by atoms with E-state index in [1.165, 1.54) is 0 Å². The van der Waals surface area contributed by atoms with Crippen molar-refractivity contribution in [2.75, 3.05) is 18.0 Å². The summed E-state index contributed by atoms with van der Waals surface area (Å²) >= 11 is 5.70. The summed E-state index contributed by atoms with van der Waals surface area (Å²) in [4.78, 5) is 23.4. The predicted octanol–water partition coefficient (Wildman–Crippen LogP) is 1.08. The number of rotatable bonds is 1. The summed E-state index contributed by atoms with van der Waals surface area (Å²) < 4.78 is 26.4. The van der Waals surface area contributed by atoms with Crippen molar-refractivity contribution < 1.29 is 18.4 Å². The second-order valence-corrected chi connectivity index (χ2v) is 3.95. The largest absolute Gasteiger partial charge is 0.349 e. The smallest absolute Gasteiger partial charge is 0.246 e. The third-order valence-electron chi connectivity index (χ3n) is 2.25. The summed E-state index contributed by atoms with van der Waals surface area (Å²) in [5.74, 6) is -2.83. The van der Waals surface area contributed by atoms with Crippen LogP contribution in [0.4, 0.5) is 14.5 Å². The highest BCUT2D eigenvalue weighted by atomic mass is 35.5. The number of carbonyl (C=O) groups excluding carboxylic acids is 2. The maximum atomic E-state index is 13.5. The second-order valence-electron chi connectivity index (χ2n) is 3.55. The lowest BCUT2D eigenvalue weighted by Crippen LogP contribution is -2.51. The van der Waals surface area contributed by atoms with Crippen LogP contribution in [0.15, 0.2) is 12.1 Å². The van der Waals surface area contributed by atoms with Crippen molar-refractivity contribution in [3.8, 4) is 0 Å². The zero-order valence-corrected chi connectivity index (χ0v) is 9.22. The first-order valence-electron chi connectivity index (χ1n) is 4.69. The number of amides is 2. The minimum atomic E-state index is -0.905. The molecule has 1 saturated heterocycles. The molecular weight excluding hydrogens is 254 g/mol. The average Bonchev–Trinajstić information content (AvgIpc) is 2.13. The first-order chi connectivity index (χ1) is 7.97. The molecule has 1 aromatic carbocycles. The molecule has 17 heavy (non-hydrogen) atoms. The quantitative estimate of drug-likeness (QED) is 0.769. The van der Waals surface area contributed by atoms with E-state index in [0.29, 0.717) is 6.07 Å². The molecule has 1 heterocycles. The van der Waals surface area contributed by atoms with E-state index in [1.807, 2.05) is 0 Å². The van der Waals surface area contributed by atoms with Gasteiger partial charge in [0.1, 0.15) is 5.82 Å². The summed E-state index contributed by atoms with van der Waals surface area (Å²) in [5.41, 5.74) is -0.142. The van der Waals surface area contributed by atoms with E-state index in [0.717, 1.165) is 11.0 Å². The van der Waals surface area contributed by atoms with Crippen LogP contribution in [0.1, 0.15) is 0 Å². The fraction of sp³-hybridized carbons (Fsp3) is 0.200. The molecule has 4 nitrogen and oxygen atoms in total. The number of piperazine rings is 1. The number of benzene rings is 1. The van der Waals surface area contributed by atoms with Gasteiger partial charge in [-0.2, -0.15) is 0 Å². The van der Waals surface area contributed by atoms with Crippen LogP contribution in [0, 0.1) is 11.6 Å². The van der Waals surface area contributed by atoms with E-state index in [-0.39, 0.29) is 23.8 Å². The third-order valence-corrected chi connectivity index (χ3v) is 2.53. The number of imide groups is 1. The highest BCUT2D eigenvalue weighted by Gasteiger charge is 2.26. The number of carbonyl (C=O) groups is 2. The number of hydrogen-bond donors (Lipinski definition) is 1. The molecule has 1 aliphatic rings. The SMILES string of the molecule is O=C1CN(c2c(F)cc(F)cc2Cl)CC(=O)N1. The summed E-state index contributed by atoms with van der Waals surface area (Å²) in [5, 5.41) is 1.89. The molecule has 1 aliphatic heterocycles. The lowest BCUT2D eigenvalue weighted by atomic mass is 10.2. The lowest BCUT2D eigenvalue weighted by Gasteiger charge is -2.28. The van der Waals surface area contributed by atoms with Crippen LogP contribution >= 0.6 is 11.6 Å². The molecule has 90 valence electrons. The van der Waals surface area contributed by atoms with Crippen molar-refractivity contribution in [2.24, 2.45) is 0 Å². The molecule has 0 spiro atoms. The normalized spacial score (nSPS) is 16.1. The van der Waals surface area contributed by atoms with Crippen molar-refractivity contribution in [1.29, 1.82) is 0 Å². The molecule has 0 radical (unpaired) electrons. The maximum Gasteiger partial charge on any atom is 0.246 e. The number of anilines is 1. The van der Waals surface area contributed by atoms with Gasteiger partial charge in [0, 0.05) is 6.07 Å². The highest BCUT2D eigenvalue weighted by Crippen LogP contribution is 2.30. The van der Waals surface area contributed by atoms with Gasteiger partial charge in [0.25, 0.3) is 0 Å². The fourth-order valence-corrected chi connectivity index (χ4v) is 1.95. The van der Waals surface area contributed by atoms with Gasteiger partial charge in [0.15, 0.2) is 5.82 Å². The van der Waals surface area contributed by atoms with Crippen LogP contribution < -0.4 is 10.2 Å². The standard InChI is InChI=1S/C10H7ClF2N2O2/c11-6-1-5(12)2-7(13)10(6)15-3-8(16)14-9(17)4-15/h1-2H,3-4H2,(H,14,16,17). The van der Waals surface area contributed by atoms with Crippen LogP contribution in [-0.2, 0) is 9.59 Å². The molecule has 0 aromatic heterocycles. The second kappa shape index (κ2) is 4.29. The van der Waals surface area contributed by atoms with Crippen molar-refractivity contribution in [3.63, 3.8) is 0 Å². The first kappa shape index (κ1) is 11.8. The predicted molar refractivity (Wildman–Crippen MR) is 56.7 cm³/mol. The minimum Gasteiger partial charge on any atom is -0.349 e. The van der Waals surface area contributed by atoms with Crippen molar-refractivity contribution in [1.82, 2.24) is 5.32 Å². The summed E-state index contributed by atoms with van der Waals surface area (Å²) in [6, 6.07) is 1.58. The molecule has 0 bridgehead atoms. The van der Waals surface area contributed by atoms with E-state index in [9.17, 15) is 18.4 Å². The molecule has 0 unspecified atom stereocenters. The van der Waals surface area contributed by atoms with Gasteiger partial charge in [0.05, 0.1) is 23.8 Å². The molecule has 2 rings (SSSR count). The molecule has 0 atom stereocenters. The Bertz CT molecular complexity index is 468. The van der Waals surface area contributed by atoms with E-state index < -0.39 is 23.4 Å². The Labute approximate surface area is 100 Å². The zero-order valence-electron chi connectivity index (χ0n) is 8.47.